The Balaban J connectivity index is 1.81. The van der Waals surface area contributed by atoms with Crippen molar-refractivity contribution in [3.05, 3.63) is 18.0 Å². The van der Waals surface area contributed by atoms with Crippen molar-refractivity contribution in [3.8, 4) is 0 Å². The molecular weight excluding hydrogens is 258 g/mol. The molecule has 1 unspecified atom stereocenters. The van der Waals surface area contributed by atoms with E-state index in [1.165, 1.54) is 50.5 Å². The molecular formula is C18H33N3. The number of nitrogens with zero attached hydrogens (tertiary/aromatic N) is 2. The van der Waals surface area contributed by atoms with Gasteiger partial charge in [0.2, 0.25) is 0 Å². The van der Waals surface area contributed by atoms with Gasteiger partial charge in [0.05, 0.1) is 6.20 Å². The largest absolute Gasteiger partial charge is 0.314 e. The van der Waals surface area contributed by atoms with Crippen molar-refractivity contribution < 1.29 is 0 Å². The van der Waals surface area contributed by atoms with Crippen molar-refractivity contribution in [2.24, 2.45) is 18.9 Å². The molecule has 1 atom stereocenters. The molecule has 1 heterocycles. The summed E-state index contributed by atoms with van der Waals surface area (Å²) in [7, 11) is 2.00. The summed E-state index contributed by atoms with van der Waals surface area (Å²) in [5.41, 5.74) is 1.38. The van der Waals surface area contributed by atoms with E-state index >= 15 is 0 Å². The molecule has 1 aromatic heterocycles. The lowest BCUT2D eigenvalue weighted by Crippen LogP contribution is -2.38. The molecule has 0 aliphatic heterocycles. The minimum atomic E-state index is 0.692. The molecule has 0 bridgehead atoms. The van der Waals surface area contributed by atoms with Crippen LogP contribution in [0.4, 0.5) is 0 Å². The molecule has 2 rings (SSSR count). The van der Waals surface area contributed by atoms with E-state index in [-0.39, 0.29) is 0 Å². The predicted molar refractivity (Wildman–Crippen MR) is 89.3 cm³/mol. The van der Waals surface area contributed by atoms with E-state index in [2.05, 4.69) is 30.5 Å². The third-order valence-corrected chi connectivity index (χ3v) is 5.13. The fourth-order valence-corrected chi connectivity index (χ4v) is 3.98. The molecule has 1 aliphatic rings. The van der Waals surface area contributed by atoms with Gasteiger partial charge in [-0.05, 0) is 49.6 Å². The van der Waals surface area contributed by atoms with Gasteiger partial charge in [-0.1, -0.05) is 39.5 Å². The first-order valence-corrected chi connectivity index (χ1v) is 8.93. The van der Waals surface area contributed by atoms with E-state index in [0.29, 0.717) is 6.04 Å². The minimum absolute atomic E-state index is 0.692. The summed E-state index contributed by atoms with van der Waals surface area (Å²) < 4.78 is 1.91. The van der Waals surface area contributed by atoms with Crippen LogP contribution in [-0.4, -0.2) is 22.4 Å². The maximum absolute atomic E-state index is 4.28. The number of rotatable bonds is 8. The molecule has 21 heavy (non-hydrogen) atoms. The highest BCUT2D eigenvalue weighted by molar-refractivity contribution is 5.04. The van der Waals surface area contributed by atoms with Crippen molar-refractivity contribution in [2.45, 2.75) is 71.3 Å². The number of aromatic nitrogens is 2. The van der Waals surface area contributed by atoms with Gasteiger partial charge in [0.1, 0.15) is 0 Å². The second kappa shape index (κ2) is 8.57. The summed E-state index contributed by atoms with van der Waals surface area (Å²) in [4.78, 5) is 0. The second-order valence-corrected chi connectivity index (χ2v) is 6.79. The van der Waals surface area contributed by atoms with E-state index in [1.807, 2.05) is 17.9 Å². The molecule has 1 aromatic rings. The van der Waals surface area contributed by atoms with Crippen LogP contribution >= 0.6 is 0 Å². The lowest BCUT2D eigenvalue weighted by molar-refractivity contribution is 0.208. The molecule has 0 amide bonds. The second-order valence-electron chi connectivity index (χ2n) is 6.79. The molecule has 1 saturated carbocycles. The molecule has 1 fully saturated rings. The van der Waals surface area contributed by atoms with E-state index in [0.717, 1.165) is 24.8 Å². The third kappa shape index (κ3) is 5.14. The number of aryl methyl sites for hydroxylation is 2. The van der Waals surface area contributed by atoms with Crippen LogP contribution in [0.1, 0.15) is 64.4 Å². The highest BCUT2D eigenvalue weighted by Crippen LogP contribution is 2.34. The highest BCUT2D eigenvalue weighted by Gasteiger charge is 2.26. The monoisotopic (exact) mass is 291 g/mol. The Morgan fingerprint density at radius 1 is 1.29 bits per heavy atom. The Morgan fingerprint density at radius 3 is 2.62 bits per heavy atom. The lowest BCUT2D eigenvalue weighted by atomic mass is 9.76. The fraction of sp³-hybridized carbons (Fsp3) is 0.833. The van der Waals surface area contributed by atoms with Gasteiger partial charge >= 0.3 is 0 Å². The van der Waals surface area contributed by atoms with Crippen LogP contribution in [0.2, 0.25) is 0 Å². The number of hydrogen-bond donors (Lipinski definition) is 1. The van der Waals surface area contributed by atoms with Crippen molar-refractivity contribution in [3.63, 3.8) is 0 Å². The van der Waals surface area contributed by atoms with Gasteiger partial charge in [0.25, 0.3) is 0 Å². The molecule has 3 heteroatoms. The Kier molecular flexibility index (Phi) is 6.75. The van der Waals surface area contributed by atoms with Crippen molar-refractivity contribution in [1.29, 1.82) is 0 Å². The van der Waals surface area contributed by atoms with E-state index in [4.69, 9.17) is 0 Å². The van der Waals surface area contributed by atoms with Gasteiger partial charge in [0.15, 0.2) is 0 Å². The van der Waals surface area contributed by atoms with Crippen LogP contribution in [0.5, 0.6) is 0 Å². The Labute approximate surface area is 130 Å². The number of hydrogen-bond acceptors (Lipinski definition) is 2. The van der Waals surface area contributed by atoms with Crippen LogP contribution in [0.25, 0.3) is 0 Å². The molecule has 1 N–H and O–H groups in total. The average Bonchev–Trinajstić information content (AvgIpc) is 2.90. The van der Waals surface area contributed by atoms with Crippen molar-refractivity contribution in [1.82, 2.24) is 15.1 Å². The van der Waals surface area contributed by atoms with E-state index in [1.54, 1.807) is 0 Å². The molecule has 0 saturated heterocycles. The van der Waals surface area contributed by atoms with Gasteiger partial charge in [-0.3, -0.25) is 4.68 Å². The molecule has 0 radical (unpaired) electrons. The van der Waals surface area contributed by atoms with Gasteiger partial charge in [-0.2, -0.15) is 5.10 Å². The zero-order valence-corrected chi connectivity index (χ0v) is 14.1. The van der Waals surface area contributed by atoms with Gasteiger partial charge in [0, 0.05) is 19.3 Å². The standard InChI is InChI=1S/C18H33N3/c1-4-6-15-7-10-17(11-8-15)18(19-5-2)12-9-16-13-20-21(3)14-16/h13-15,17-19H,4-12H2,1-3H3. The highest BCUT2D eigenvalue weighted by atomic mass is 15.2. The summed E-state index contributed by atoms with van der Waals surface area (Å²) in [6.07, 6.45) is 15.1. The summed E-state index contributed by atoms with van der Waals surface area (Å²) in [6.45, 7) is 5.65. The normalized spacial score (nSPS) is 24.1. The fourth-order valence-electron chi connectivity index (χ4n) is 3.98. The molecule has 0 spiro atoms. The Bertz CT molecular complexity index is 391. The summed E-state index contributed by atoms with van der Waals surface area (Å²) >= 11 is 0. The quantitative estimate of drug-likeness (QED) is 0.786. The van der Waals surface area contributed by atoms with Crippen molar-refractivity contribution in [2.75, 3.05) is 6.54 Å². The lowest BCUT2D eigenvalue weighted by Gasteiger charge is -2.34. The first kappa shape index (κ1) is 16.5. The maximum atomic E-state index is 4.28. The van der Waals surface area contributed by atoms with Crippen LogP contribution in [0.3, 0.4) is 0 Å². The summed E-state index contributed by atoms with van der Waals surface area (Å²) in [6, 6.07) is 0.692. The zero-order valence-electron chi connectivity index (χ0n) is 14.1. The van der Waals surface area contributed by atoms with Crippen LogP contribution in [-0.2, 0) is 13.5 Å². The van der Waals surface area contributed by atoms with Crippen molar-refractivity contribution >= 4 is 0 Å². The van der Waals surface area contributed by atoms with Crippen LogP contribution in [0.15, 0.2) is 12.4 Å². The smallest absolute Gasteiger partial charge is 0.0521 e. The minimum Gasteiger partial charge on any atom is -0.314 e. The van der Waals surface area contributed by atoms with E-state index < -0.39 is 0 Å². The Morgan fingerprint density at radius 2 is 2.05 bits per heavy atom. The third-order valence-electron chi connectivity index (χ3n) is 5.13. The molecule has 1 aliphatic carbocycles. The first-order chi connectivity index (χ1) is 10.2. The average molecular weight is 291 g/mol. The van der Waals surface area contributed by atoms with Gasteiger partial charge in [-0.25, -0.2) is 0 Å². The van der Waals surface area contributed by atoms with Crippen LogP contribution < -0.4 is 5.32 Å². The van der Waals surface area contributed by atoms with Crippen LogP contribution in [0, 0.1) is 11.8 Å². The summed E-state index contributed by atoms with van der Waals surface area (Å²) in [5, 5.41) is 8.03. The molecule has 3 nitrogen and oxygen atoms in total. The van der Waals surface area contributed by atoms with E-state index in [9.17, 15) is 0 Å². The number of nitrogens with one attached hydrogen (secondary N) is 1. The Hall–Kier alpha value is -0.830. The zero-order chi connectivity index (χ0) is 15.1. The van der Waals surface area contributed by atoms with Gasteiger partial charge < -0.3 is 5.32 Å². The predicted octanol–water partition coefficient (Wildman–Crippen LogP) is 3.94. The first-order valence-electron chi connectivity index (χ1n) is 8.93. The van der Waals surface area contributed by atoms with Gasteiger partial charge in [-0.15, -0.1) is 0 Å². The molecule has 120 valence electrons. The molecule has 0 aromatic carbocycles. The SMILES string of the molecule is CCCC1CCC(C(CCc2cnn(C)c2)NCC)CC1. The maximum Gasteiger partial charge on any atom is 0.0521 e. The topological polar surface area (TPSA) is 29.9 Å². The summed E-state index contributed by atoms with van der Waals surface area (Å²) in [5.74, 6) is 1.89.